The van der Waals surface area contributed by atoms with E-state index >= 15 is 0 Å². The number of nitrogens with one attached hydrogen (secondary N) is 3. The largest absolute Gasteiger partial charge is 0.325 e. The van der Waals surface area contributed by atoms with Crippen LogP contribution in [0.1, 0.15) is 0 Å². The van der Waals surface area contributed by atoms with E-state index in [-0.39, 0.29) is 5.91 Å². The summed E-state index contributed by atoms with van der Waals surface area (Å²) in [5, 5.41) is 8.79. The van der Waals surface area contributed by atoms with Crippen LogP contribution >= 0.6 is 23.4 Å². The first-order valence-electron chi connectivity index (χ1n) is 6.97. The molecule has 0 saturated carbocycles. The van der Waals surface area contributed by atoms with Gasteiger partial charge < -0.3 is 16.0 Å². The van der Waals surface area contributed by atoms with E-state index in [0.717, 1.165) is 10.6 Å². The number of hydrogen-bond donors (Lipinski definition) is 3. The summed E-state index contributed by atoms with van der Waals surface area (Å²) < 4.78 is 0. The maximum Gasteiger partial charge on any atom is 0.319 e. The lowest BCUT2D eigenvalue weighted by Gasteiger charge is -2.15. The number of benzene rings is 2. The molecule has 0 saturated heterocycles. The molecule has 1 aliphatic heterocycles. The molecule has 1 atom stereocenters. The summed E-state index contributed by atoms with van der Waals surface area (Å²) in [7, 11) is 0. The lowest BCUT2D eigenvalue weighted by molar-refractivity contribution is -0.117. The van der Waals surface area contributed by atoms with Crippen LogP contribution in [0.3, 0.4) is 0 Å². The molecule has 3 amide bonds. The second-order valence-corrected chi connectivity index (χ2v) is 6.45. The van der Waals surface area contributed by atoms with Crippen LogP contribution in [0.4, 0.5) is 16.2 Å². The van der Waals surface area contributed by atoms with Gasteiger partial charge in [-0.1, -0.05) is 23.7 Å². The molecule has 0 spiro atoms. The van der Waals surface area contributed by atoms with Gasteiger partial charge >= 0.3 is 6.03 Å². The summed E-state index contributed by atoms with van der Waals surface area (Å²) in [6.45, 7) is 0. The quantitative estimate of drug-likeness (QED) is 0.777. The topological polar surface area (TPSA) is 70.2 Å². The van der Waals surface area contributed by atoms with E-state index in [2.05, 4.69) is 16.0 Å². The lowest BCUT2D eigenvalue weighted by Crippen LogP contribution is -2.46. The van der Waals surface area contributed by atoms with Gasteiger partial charge in [-0.2, -0.15) is 0 Å². The number of halogens is 1. The van der Waals surface area contributed by atoms with Crippen molar-refractivity contribution in [1.29, 1.82) is 0 Å². The van der Waals surface area contributed by atoms with Gasteiger partial charge in [0.2, 0.25) is 5.91 Å². The number of para-hydroxylation sites is 1. The molecule has 3 rings (SSSR count). The van der Waals surface area contributed by atoms with Crippen LogP contribution in [0.25, 0.3) is 0 Å². The number of carbonyl (C=O) groups is 2. The SMILES string of the molecule is O=C(Nc1ccc(Cl)cc1)NC1CSc2ccccc2NC1=O. The second-order valence-electron chi connectivity index (χ2n) is 4.95. The van der Waals surface area contributed by atoms with Gasteiger partial charge in [0, 0.05) is 21.4 Å². The van der Waals surface area contributed by atoms with Crippen molar-refractivity contribution in [3.8, 4) is 0 Å². The molecule has 1 heterocycles. The van der Waals surface area contributed by atoms with Gasteiger partial charge in [0.05, 0.1) is 5.69 Å². The van der Waals surface area contributed by atoms with E-state index in [4.69, 9.17) is 11.6 Å². The molecule has 2 aromatic carbocycles. The Morgan fingerprint density at radius 2 is 1.91 bits per heavy atom. The number of carbonyl (C=O) groups excluding carboxylic acids is 2. The molecule has 3 N–H and O–H groups in total. The Morgan fingerprint density at radius 3 is 2.70 bits per heavy atom. The molecular weight excluding hydrogens is 334 g/mol. The summed E-state index contributed by atoms with van der Waals surface area (Å²) in [6, 6.07) is 13.3. The standard InChI is InChI=1S/C16H14ClN3O2S/c17-10-5-7-11(8-6-10)18-16(22)20-13-9-23-14-4-2-1-3-12(14)19-15(13)21/h1-8,13H,9H2,(H,19,21)(H2,18,20,22). The zero-order chi connectivity index (χ0) is 16.2. The number of amides is 3. The maximum absolute atomic E-state index is 12.2. The fraction of sp³-hybridized carbons (Fsp3) is 0.125. The molecule has 1 unspecified atom stereocenters. The Bertz CT molecular complexity index is 736. The molecule has 0 radical (unpaired) electrons. The van der Waals surface area contributed by atoms with Crippen LogP contribution in [-0.2, 0) is 4.79 Å². The van der Waals surface area contributed by atoms with E-state index in [1.807, 2.05) is 24.3 Å². The zero-order valence-corrected chi connectivity index (χ0v) is 13.6. The number of thioether (sulfide) groups is 1. The first-order valence-corrected chi connectivity index (χ1v) is 8.34. The second kappa shape index (κ2) is 6.93. The third-order valence-corrected chi connectivity index (χ3v) is 4.69. The fourth-order valence-corrected chi connectivity index (χ4v) is 3.29. The molecule has 118 valence electrons. The number of rotatable bonds is 2. The first-order chi connectivity index (χ1) is 11.1. The van der Waals surface area contributed by atoms with E-state index in [9.17, 15) is 9.59 Å². The van der Waals surface area contributed by atoms with Gasteiger partial charge in [-0.15, -0.1) is 11.8 Å². The molecule has 0 fully saturated rings. The zero-order valence-electron chi connectivity index (χ0n) is 12.0. The van der Waals surface area contributed by atoms with Gasteiger partial charge in [0.25, 0.3) is 0 Å². The van der Waals surface area contributed by atoms with Crippen LogP contribution in [0.2, 0.25) is 5.02 Å². The van der Waals surface area contributed by atoms with Crippen LogP contribution in [0.5, 0.6) is 0 Å². The van der Waals surface area contributed by atoms with Gasteiger partial charge in [-0.3, -0.25) is 4.79 Å². The number of anilines is 2. The maximum atomic E-state index is 12.2. The molecule has 5 nitrogen and oxygen atoms in total. The predicted molar refractivity (Wildman–Crippen MR) is 93.2 cm³/mol. The Balaban J connectivity index is 1.63. The van der Waals surface area contributed by atoms with Crippen molar-refractivity contribution in [2.24, 2.45) is 0 Å². The van der Waals surface area contributed by atoms with E-state index in [0.29, 0.717) is 16.5 Å². The third kappa shape index (κ3) is 3.97. The van der Waals surface area contributed by atoms with Crippen LogP contribution in [0.15, 0.2) is 53.4 Å². The Labute approximate surface area is 142 Å². The van der Waals surface area contributed by atoms with Gasteiger partial charge in [0.1, 0.15) is 6.04 Å². The summed E-state index contributed by atoms with van der Waals surface area (Å²) in [6.07, 6.45) is 0. The fourth-order valence-electron chi connectivity index (χ4n) is 2.13. The van der Waals surface area contributed by atoms with Crippen molar-refractivity contribution in [3.63, 3.8) is 0 Å². The lowest BCUT2D eigenvalue weighted by atomic mass is 10.2. The summed E-state index contributed by atoms with van der Waals surface area (Å²) in [4.78, 5) is 25.3. The molecule has 1 aliphatic rings. The van der Waals surface area contributed by atoms with Crippen molar-refractivity contribution in [2.45, 2.75) is 10.9 Å². The smallest absolute Gasteiger partial charge is 0.319 e. The molecule has 23 heavy (non-hydrogen) atoms. The van der Waals surface area contributed by atoms with Crippen molar-refractivity contribution in [2.75, 3.05) is 16.4 Å². The number of fused-ring (bicyclic) bond motifs is 1. The normalized spacial score (nSPS) is 16.7. The highest BCUT2D eigenvalue weighted by molar-refractivity contribution is 7.99. The molecule has 0 bridgehead atoms. The molecule has 2 aromatic rings. The minimum absolute atomic E-state index is 0.228. The van der Waals surface area contributed by atoms with Crippen LogP contribution < -0.4 is 16.0 Å². The van der Waals surface area contributed by atoms with Crippen molar-refractivity contribution < 1.29 is 9.59 Å². The highest BCUT2D eigenvalue weighted by Crippen LogP contribution is 2.30. The average Bonchev–Trinajstić information content (AvgIpc) is 2.69. The Morgan fingerprint density at radius 1 is 1.17 bits per heavy atom. The highest BCUT2D eigenvalue weighted by atomic mass is 35.5. The van der Waals surface area contributed by atoms with E-state index < -0.39 is 12.1 Å². The molecular formula is C16H14ClN3O2S. The minimum Gasteiger partial charge on any atom is -0.325 e. The van der Waals surface area contributed by atoms with Crippen molar-refractivity contribution in [1.82, 2.24) is 5.32 Å². The summed E-state index contributed by atoms with van der Waals surface area (Å²) in [5.74, 6) is 0.241. The first kappa shape index (κ1) is 15.7. The van der Waals surface area contributed by atoms with E-state index in [1.165, 1.54) is 11.8 Å². The summed E-state index contributed by atoms with van der Waals surface area (Å²) in [5.41, 5.74) is 1.38. The van der Waals surface area contributed by atoms with Crippen LogP contribution in [-0.4, -0.2) is 23.7 Å². The number of hydrogen-bond acceptors (Lipinski definition) is 3. The Kier molecular flexibility index (Phi) is 4.73. The predicted octanol–water partition coefficient (Wildman–Crippen LogP) is 3.57. The minimum atomic E-state index is -0.611. The van der Waals surface area contributed by atoms with Gasteiger partial charge in [-0.25, -0.2) is 4.79 Å². The molecule has 7 heteroatoms. The molecule has 0 aromatic heterocycles. The van der Waals surface area contributed by atoms with Gasteiger partial charge in [-0.05, 0) is 36.4 Å². The summed E-state index contributed by atoms with van der Waals surface area (Å²) >= 11 is 7.33. The van der Waals surface area contributed by atoms with Crippen LogP contribution in [0, 0.1) is 0 Å². The highest BCUT2D eigenvalue weighted by Gasteiger charge is 2.25. The van der Waals surface area contributed by atoms with Gasteiger partial charge in [0.15, 0.2) is 0 Å². The monoisotopic (exact) mass is 347 g/mol. The van der Waals surface area contributed by atoms with Crippen molar-refractivity contribution >= 4 is 46.7 Å². The average molecular weight is 348 g/mol. The Hall–Kier alpha value is -2.18. The third-order valence-electron chi connectivity index (χ3n) is 3.27. The van der Waals surface area contributed by atoms with E-state index in [1.54, 1.807) is 24.3 Å². The number of urea groups is 1. The van der Waals surface area contributed by atoms with Crippen molar-refractivity contribution in [3.05, 3.63) is 53.6 Å². The molecule has 0 aliphatic carbocycles.